The topological polar surface area (TPSA) is 89.5 Å². The number of carbonyl (C=O) groups is 2. The van der Waals surface area contributed by atoms with E-state index in [1.807, 2.05) is 18.2 Å². The lowest BCUT2D eigenvalue weighted by atomic mass is 10.1. The Hall–Kier alpha value is -4.46. The van der Waals surface area contributed by atoms with Crippen molar-refractivity contribution in [1.29, 1.82) is 0 Å². The van der Waals surface area contributed by atoms with Crippen LogP contribution in [0.25, 0.3) is 6.08 Å². The molecule has 1 aliphatic rings. The van der Waals surface area contributed by atoms with Crippen LogP contribution >= 0.6 is 0 Å². The van der Waals surface area contributed by atoms with Gasteiger partial charge in [0.05, 0.1) is 33.5 Å². The Kier molecular flexibility index (Phi) is 7.44. The number of ether oxygens (including phenoxy) is 6. The first kappa shape index (κ1) is 24.7. The molecule has 0 radical (unpaired) electrons. The lowest BCUT2D eigenvalue weighted by molar-refractivity contribution is -0.151. The molecule has 0 aliphatic carbocycles. The maximum Gasteiger partial charge on any atom is 0.352 e. The summed E-state index contributed by atoms with van der Waals surface area (Å²) in [4.78, 5) is 25.6. The summed E-state index contributed by atoms with van der Waals surface area (Å²) in [6.45, 7) is 1.96. The van der Waals surface area contributed by atoms with Gasteiger partial charge in [-0.15, -0.1) is 0 Å². The molecule has 3 aromatic carbocycles. The van der Waals surface area contributed by atoms with Crippen molar-refractivity contribution in [2.24, 2.45) is 0 Å². The first-order chi connectivity index (χ1) is 17.5. The van der Waals surface area contributed by atoms with Gasteiger partial charge in [-0.3, -0.25) is 4.79 Å². The second-order valence-electron chi connectivity index (χ2n) is 7.72. The standard InChI is InChI=1S/C28H26O8/c1-5-34-28(30)26(18-9-7-6-8-10-18)35-19-11-12-20-21(16-19)36-22(25(20)29)13-17-14-23(31-2)27(33-4)24(15-17)32-3/h6-16,26H,5H2,1-4H3/b22-13-. The number of allylic oxidation sites excluding steroid dienone is 1. The predicted molar refractivity (Wildman–Crippen MR) is 132 cm³/mol. The zero-order valence-corrected chi connectivity index (χ0v) is 20.4. The molecule has 8 heteroatoms. The summed E-state index contributed by atoms with van der Waals surface area (Å²) in [5.41, 5.74) is 1.66. The van der Waals surface area contributed by atoms with Gasteiger partial charge in [-0.1, -0.05) is 30.3 Å². The molecule has 4 rings (SSSR count). The van der Waals surface area contributed by atoms with Gasteiger partial charge in [-0.25, -0.2) is 4.79 Å². The number of rotatable bonds is 9. The molecule has 1 aliphatic heterocycles. The second kappa shape index (κ2) is 10.9. The van der Waals surface area contributed by atoms with Crippen LogP contribution in [0.1, 0.15) is 34.5 Å². The smallest absolute Gasteiger partial charge is 0.352 e. The summed E-state index contributed by atoms with van der Waals surface area (Å²) in [5.74, 6) is 1.37. The fourth-order valence-electron chi connectivity index (χ4n) is 3.81. The summed E-state index contributed by atoms with van der Waals surface area (Å²) in [5, 5.41) is 0. The third kappa shape index (κ3) is 4.98. The summed E-state index contributed by atoms with van der Waals surface area (Å²) >= 11 is 0. The molecular weight excluding hydrogens is 464 g/mol. The van der Waals surface area contributed by atoms with Gasteiger partial charge in [0.2, 0.25) is 17.6 Å². The molecule has 0 amide bonds. The van der Waals surface area contributed by atoms with Crippen LogP contribution < -0.4 is 23.7 Å². The Balaban J connectivity index is 1.61. The zero-order chi connectivity index (χ0) is 25.7. The molecule has 0 saturated heterocycles. The van der Waals surface area contributed by atoms with E-state index in [2.05, 4.69) is 0 Å². The van der Waals surface area contributed by atoms with Crippen LogP contribution in [0.15, 0.2) is 66.4 Å². The van der Waals surface area contributed by atoms with E-state index in [1.54, 1.807) is 55.5 Å². The van der Waals surface area contributed by atoms with Crippen LogP contribution in [-0.2, 0) is 9.53 Å². The quantitative estimate of drug-likeness (QED) is 0.305. The van der Waals surface area contributed by atoms with Crippen LogP contribution in [0.4, 0.5) is 0 Å². The highest BCUT2D eigenvalue weighted by Crippen LogP contribution is 2.40. The van der Waals surface area contributed by atoms with Gasteiger partial charge in [0, 0.05) is 11.6 Å². The monoisotopic (exact) mass is 490 g/mol. The van der Waals surface area contributed by atoms with Gasteiger partial charge in [0.1, 0.15) is 11.5 Å². The molecule has 1 heterocycles. The Morgan fingerprint density at radius 3 is 2.25 bits per heavy atom. The van der Waals surface area contributed by atoms with Crippen molar-refractivity contribution in [3.8, 4) is 28.7 Å². The summed E-state index contributed by atoms with van der Waals surface area (Å²) < 4.78 is 33.2. The highest BCUT2D eigenvalue weighted by Gasteiger charge is 2.30. The fourth-order valence-corrected chi connectivity index (χ4v) is 3.81. The number of fused-ring (bicyclic) bond motifs is 1. The number of Topliss-reactive ketones (excluding diaryl/α,β-unsaturated/α-hetero) is 1. The second-order valence-corrected chi connectivity index (χ2v) is 7.72. The SMILES string of the molecule is CCOC(=O)C(Oc1ccc2c(c1)O/C(=C\c1cc(OC)c(OC)c(OC)c1)C2=O)c1ccccc1. The number of methoxy groups -OCH3 is 3. The minimum absolute atomic E-state index is 0.126. The predicted octanol–water partition coefficient (Wildman–Crippen LogP) is 5.01. The molecular formula is C28H26O8. The molecule has 1 atom stereocenters. The molecule has 36 heavy (non-hydrogen) atoms. The van der Waals surface area contributed by atoms with Crippen molar-refractivity contribution in [1.82, 2.24) is 0 Å². The molecule has 186 valence electrons. The summed E-state index contributed by atoms with van der Waals surface area (Å²) in [6, 6.07) is 17.3. The number of carbonyl (C=O) groups excluding carboxylic acids is 2. The van der Waals surface area contributed by atoms with E-state index in [0.29, 0.717) is 45.4 Å². The van der Waals surface area contributed by atoms with Crippen molar-refractivity contribution >= 4 is 17.8 Å². The van der Waals surface area contributed by atoms with Gasteiger partial charge in [0.15, 0.2) is 17.3 Å². The Morgan fingerprint density at radius 2 is 1.64 bits per heavy atom. The van der Waals surface area contributed by atoms with E-state index in [4.69, 9.17) is 28.4 Å². The van der Waals surface area contributed by atoms with E-state index in [9.17, 15) is 9.59 Å². The summed E-state index contributed by atoms with van der Waals surface area (Å²) in [7, 11) is 4.55. The van der Waals surface area contributed by atoms with Crippen molar-refractivity contribution in [2.75, 3.05) is 27.9 Å². The maximum absolute atomic E-state index is 13.0. The molecule has 0 fully saturated rings. The first-order valence-electron chi connectivity index (χ1n) is 11.3. The number of ketones is 1. The van der Waals surface area contributed by atoms with E-state index < -0.39 is 12.1 Å². The van der Waals surface area contributed by atoms with Gasteiger partial charge < -0.3 is 28.4 Å². The van der Waals surface area contributed by atoms with Crippen molar-refractivity contribution in [3.05, 3.63) is 83.1 Å². The number of hydrogen-bond acceptors (Lipinski definition) is 8. The lowest BCUT2D eigenvalue weighted by Crippen LogP contribution is -2.21. The van der Waals surface area contributed by atoms with Crippen LogP contribution in [0.3, 0.4) is 0 Å². The number of esters is 1. The van der Waals surface area contributed by atoms with Crippen LogP contribution in [0.2, 0.25) is 0 Å². The third-order valence-corrected chi connectivity index (χ3v) is 5.48. The van der Waals surface area contributed by atoms with Crippen LogP contribution in [0.5, 0.6) is 28.7 Å². The van der Waals surface area contributed by atoms with Crippen molar-refractivity contribution < 1.29 is 38.0 Å². The average Bonchev–Trinajstić information content (AvgIpc) is 3.21. The minimum Gasteiger partial charge on any atom is -0.493 e. The average molecular weight is 491 g/mol. The van der Waals surface area contributed by atoms with Crippen LogP contribution in [-0.4, -0.2) is 39.7 Å². The van der Waals surface area contributed by atoms with Gasteiger partial charge in [0.25, 0.3) is 0 Å². The van der Waals surface area contributed by atoms with Gasteiger partial charge >= 0.3 is 5.97 Å². The molecule has 0 N–H and O–H groups in total. The van der Waals surface area contributed by atoms with E-state index >= 15 is 0 Å². The first-order valence-corrected chi connectivity index (χ1v) is 11.3. The van der Waals surface area contributed by atoms with Gasteiger partial charge in [-0.05, 0) is 42.8 Å². The minimum atomic E-state index is -0.962. The van der Waals surface area contributed by atoms with Gasteiger partial charge in [-0.2, -0.15) is 0 Å². The molecule has 1 unspecified atom stereocenters. The van der Waals surface area contributed by atoms with Crippen molar-refractivity contribution in [2.45, 2.75) is 13.0 Å². The fraction of sp³-hybridized carbons (Fsp3) is 0.214. The van der Waals surface area contributed by atoms with Crippen molar-refractivity contribution in [3.63, 3.8) is 0 Å². The third-order valence-electron chi connectivity index (χ3n) is 5.48. The Labute approximate surface area is 209 Å². The van der Waals surface area contributed by atoms with E-state index in [1.165, 1.54) is 21.3 Å². The zero-order valence-electron chi connectivity index (χ0n) is 20.4. The Morgan fingerprint density at radius 1 is 0.944 bits per heavy atom. The number of benzene rings is 3. The lowest BCUT2D eigenvalue weighted by Gasteiger charge is -2.18. The molecule has 3 aromatic rings. The molecule has 0 aromatic heterocycles. The Bertz CT molecular complexity index is 1270. The summed E-state index contributed by atoms with van der Waals surface area (Å²) in [6.07, 6.45) is 0.634. The normalized spacial score (nSPS) is 14.0. The largest absolute Gasteiger partial charge is 0.493 e. The molecule has 8 nitrogen and oxygen atoms in total. The molecule has 0 bridgehead atoms. The highest BCUT2D eigenvalue weighted by molar-refractivity contribution is 6.14. The van der Waals surface area contributed by atoms with Crippen LogP contribution in [0, 0.1) is 0 Å². The maximum atomic E-state index is 13.0. The number of hydrogen-bond donors (Lipinski definition) is 0. The van der Waals surface area contributed by atoms with E-state index in [-0.39, 0.29) is 18.1 Å². The molecule has 0 spiro atoms. The van der Waals surface area contributed by atoms with E-state index in [0.717, 1.165) is 0 Å². The molecule has 0 saturated carbocycles. The highest BCUT2D eigenvalue weighted by atomic mass is 16.6.